The monoisotopic (exact) mass is 674 g/mol. The molecule has 6 heteroatoms. The first-order valence-electron chi connectivity index (χ1n) is 17.2. The summed E-state index contributed by atoms with van der Waals surface area (Å²) in [5.74, 6) is -1.68. The molecule has 246 valence electrons. The van der Waals surface area contributed by atoms with E-state index in [1.807, 2.05) is 66.7 Å². The van der Waals surface area contributed by atoms with Crippen molar-refractivity contribution in [3.63, 3.8) is 0 Å². The molecule has 0 fully saturated rings. The summed E-state index contributed by atoms with van der Waals surface area (Å²) in [5, 5.41) is 2.40. The van der Waals surface area contributed by atoms with Crippen LogP contribution in [0.4, 0.5) is 8.78 Å². The van der Waals surface area contributed by atoms with E-state index >= 15 is 8.78 Å². The standard InChI is InChI=1S/C46H28F2N4/c47-46(48)39-25-21-32(29-19-23-34(24-20-29)52-41-17-9-7-15-35(41)36-16-8-10-18-42(36)52)27-37(39)38-28-33(22-26-40(38)46)45-50-43(30-11-3-1-4-12-30)49-44(51-45)31-13-5-2-6-14-31/h1-28H. The van der Waals surface area contributed by atoms with E-state index in [-0.39, 0.29) is 11.1 Å². The summed E-state index contributed by atoms with van der Waals surface area (Å²) in [6, 6.07) is 54.8. The van der Waals surface area contributed by atoms with Crippen LogP contribution < -0.4 is 0 Å². The van der Waals surface area contributed by atoms with Gasteiger partial charge in [0.25, 0.3) is 5.92 Å². The average molecular weight is 675 g/mol. The molecule has 0 amide bonds. The largest absolute Gasteiger partial charge is 0.309 e. The molecule has 0 saturated heterocycles. The van der Waals surface area contributed by atoms with Gasteiger partial charge in [-0.05, 0) is 58.7 Å². The van der Waals surface area contributed by atoms with Crippen LogP contribution in [0.3, 0.4) is 0 Å². The number of hydrogen-bond acceptors (Lipinski definition) is 3. The Bertz CT molecular complexity index is 2700. The molecule has 0 spiro atoms. The second-order valence-corrected chi connectivity index (χ2v) is 13.0. The minimum absolute atomic E-state index is 0.00380. The van der Waals surface area contributed by atoms with E-state index in [1.165, 1.54) is 16.8 Å². The van der Waals surface area contributed by atoms with Gasteiger partial charge in [0.05, 0.1) is 11.0 Å². The van der Waals surface area contributed by atoms with Crippen molar-refractivity contribution in [2.24, 2.45) is 0 Å². The molecular formula is C46H28F2N4. The summed E-state index contributed by atoms with van der Waals surface area (Å²) in [6.07, 6.45) is 0. The first-order valence-corrected chi connectivity index (χ1v) is 17.2. The fourth-order valence-electron chi connectivity index (χ4n) is 7.49. The van der Waals surface area contributed by atoms with E-state index in [9.17, 15) is 0 Å². The molecule has 0 bridgehead atoms. The first kappa shape index (κ1) is 30.1. The number of benzene rings is 7. The van der Waals surface area contributed by atoms with Gasteiger partial charge < -0.3 is 4.57 Å². The Labute approximate surface area is 298 Å². The summed E-state index contributed by atoms with van der Waals surface area (Å²) in [6.45, 7) is 0. The van der Waals surface area contributed by atoms with Crippen molar-refractivity contribution in [2.45, 2.75) is 5.92 Å². The van der Waals surface area contributed by atoms with Gasteiger partial charge in [-0.3, -0.25) is 0 Å². The molecule has 10 rings (SSSR count). The SMILES string of the molecule is FC1(F)c2ccc(-c3ccc(-n4c5ccccc5c5ccccc54)cc3)cc2-c2cc(-c3nc(-c4ccccc4)nc(-c4ccccc4)n3)ccc21. The number of para-hydroxylation sites is 2. The highest BCUT2D eigenvalue weighted by Gasteiger charge is 2.44. The molecule has 0 atom stereocenters. The smallest absolute Gasteiger partial charge is 0.299 e. The molecule has 4 nitrogen and oxygen atoms in total. The van der Waals surface area contributed by atoms with Gasteiger partial charge >= 0.3 is 0 Å². The molecule has 0 aliphatic heterocycles. The van der Waals surface area contributed by atoms with Crippen molar-refractivity contribution in [1.82, 2.24) is 19.5 Å². The van der Waals surface area contributed by atoms with Crippen molar-refractivity contribution in [3.8, 4) is 62.1 Å². The van der Waals surface area contributed by atoms with Crippen LogP contribution in [0.25, 0.3) is 83.9 Å². The number of fused-ring (bicyclic) bond motifs is 6. The van der Waals surface area contributed by atoms with E-state index in [4.69, 9.17) is 15.0 Å². The summed E-state index contributed by atoms with van der Waals surface area (Å²) in [7, 11) is 0. The number of alkyl halides is 2. The van der Waals surface area contributed by atoms with Gasteiger partial charge in [-0.1, -0.05) is 133 Å². The molecule has 1 aliphatic carbocycles. The lowest BCUT2D eigenvalue weighted by molar-refractivity contribution is 0.0480. The van der Waals surface area contributed by atoms with Crippen LogP contribution in [0.5, 0.6) is 0 Å². The highest BCUT2D eigenvalue weighted by Crippen LogP contribution is 2.52. The molecule has 52 heavy (non-hydrogen) atoms. The highest BCUT2D eigenvalue weighted by molar-refractivity contribution is 6.09. The van der Waals surface area contributed by atoms with Crippen LogP contribution in [0.15, 0.2) is 170 Å². The van der Waals surface area contributed by atoms with Crippen LogP contribution in [0.1, 0.15) is 11.1 Å². The number of aromatic nitrogens is 4. The Hall–Kier alpha value is -6.79. The number of halogens is 2. The Morgan fingerprint density at radius 2 is 0.808 bits per heavy atom. The molecular weight excluding hydrogens is 647 g/mol. The lowest BCUT2D eigenvalue weighted by Crippen LogP contribution is -2.10. The van der Waals surface area contributed by atoms with E-state index in [0.717, 1.165) is 39.0 Å². The van der Waals surface area contributed by atoms with Gasteiger partial charge in [0.1, 0.15) is 0 Å². The minimum Gasteiger partial charge on any atom is -0.309 e. The van der Waals surface area contributed by atoms with Crippen LogP contribution in [0.2, 0.25) is 0 Å². The molecule has 0 saturated carbocycles. The molecule has 7 aromatic carbocycles. The van der Waals surface area contributed by atoms with Crippen LogP contribution in [0, 0.1) is 0 Å². The Morgan fingerprint density at radius 3 is 1.35 bits per heavy atom. The van der Waals surface area contributed by atoms with Gasteiger partial charge in [0.2, 0.25) is 0 Å². The lowest BCUT2D eigenvalue weighted by atomic mass is 9.97. The zero-order chi connectivity index (χ0) is 34.8. The van der Waals surface area contributed by atoms with Crippen molar-refractivity contribution in [2.75, 3.05) is 0 Å². The third-order valence-corrected chi connectivity index (χ3v) is 10.0. The van der Waals surface area contributed by atoms with Crippen LogP contribution in [-0.2, 0) is 5.92 Å². The maximum Gasteiger partial charge on any atom is 0.299 e. The maximum absolute atomic E-state index is 16.0. The minimum atomic E-state index is -3.13. The number of nitrogens with zero attached hydrogens (tertiary/aromatic N) is 4. The van der Waals surface area contributed by atoms with Gasteiger partial charge in [0, 0.05) is 44.3 Å². The van der Waals surface area contributed by atoms with E-state index in [0.29, 0.717) is 34.2 Å². The molecule has 0 radical (unpaired) electrons. The summed E-state index contributed by atoms with van der Waals surface area (Å²) < 4.78 is 34.2. The second kappa shape index (κ2) is 11.6. The number of hydrogen-bond donors (Lipinski definition) is 0. The van der Waals surface area contributed by atoms with Crippen LogP contribution >= 0.6 is 0 Å². The summed E-state index contributed by atoms with van der Waals surface area (Å²) in [5.41, 5.74) is 8.38. The average Bonchev–Trinajstić information content (AvgIpc) is 3.66. The normalized spacial score (nSPS) is 13.0. The Morgan fingerprint density at radius 1 is 0.385 bits per heavy atom. The van der Waals surface area contributed by atoms with Crippen molar-refractivity contribution < 1.29 is 8.78 Å². The second-order valence-electron chi connectivity index (χ2n) is 13.0. The highest BCUT2D eigenvalue weighted by atomic mass is 19.3. The first-order chi connectivity index (χ1) is 25.5. The van der Waals surface area contributed by atoms with Crippen molar-refractivity contribution in [1.29, 1.82) is 0 Å². The van der Waals surface area contributed by atoms with Gasteiger partial charge in [0.15, 0.2) is 17.5 Å². The van der Waals surface area contributed by atoms with Gasteiger partial charge in [-0.15, -0.1) is 0 Å². The molecule has 1 aliphatic rings. The zero-order valence-corrected chi connectivity index (χ0v) is 27.7. The fourth-order valence-corrected chi connectivity index (χ4v) is 7.49. The van der Waals surface area contributed by atoms with Crippen LogP contribution in [-0.4, -0.2) is 19.5 Å². The maximum atomic E-state index is 16.0. The third kappa shape index (κ3) is 4.76. The van der Waals surface area contributed by atoms with Crippen molar-refractivity contribution in [3.05, 3.63) is 181 Å². The molecule has 0 unspecified atom stereocenters. The summed E-state index contributed by atoms with van der Waals surface area (Å²) in [4.78, 5) is 14.5. The Kier molecular flexibility index (Phi) is 6.73. The zero-order valence-electron chi connectivity index (χ0n) is 27.7. The van der Waals surface area contributed by atoms with Gasteiger partial charge in [-0.2, -0.15) is 8.78 Å². The van der Waals surface area contributed by atoms with E-state index in [2.05, 4.69) is 77.4 Å². The molecule has 2 heterocycles. The predicted octanol–water partition coefficient (Wildman–Crippen LogP) is 11.8. The predicted molar refractivity (Wildman–Crippen MR) is 204 cm³/mol. The third-order valence-electron chi connectivity index (χ3n) is 10.0. The molecule has 0 N–H and O–H groups in total. The van der Waals surface area contributed by atoms with Gasteiger partial charge in [-0.25, -0.2) is 15.0 Å². The molecule has 9 aromatic rings. The molecule has 2 aromatic heterocycles. The lowest BCUT2D eigenvalue weighted by Gasteiger charge is -2.13. The fraction of sp³-hybridized carbons (Fsp3) is 0.0217. The van der Waals surface area contributed by atoms with Crippen molar-refractivity contribution >= 4 is 21.8 Å². The van der Waals surface area contributed by atoms with E-state index in [1.54, 1.807) is 24.3 Å². The van der Waals surface area contributed by atoms with E-state index < -0.39 is 5.92 Å². The topological polar surface area (TPSA) is 43.6 Å². The quantitative estimate of drug-likeness (QED) is 0.182. The number of rotatable bonds is 5. The Balaban J connectivity index is 1.06. The summed E-state index contributed by atoms with van der Waals surface area (Å²) >= 11 is 0.